The maximum atomic E-state index is 13.0. The molecule has 0 radical (unpaired) electrons. The van der Waals surface area contributed by atoms with Crippen molar-refractivity contribution in [2.75, 3.05) is 19.6 Å². The van der Waals surface area contributed by atoms with Crippen molar-refractivity contribution in [1.82, 2.24) is 14.4 Å². The number of nitrogens with zero attached hydrogens (tertiary/aromatic N) is 3. The third-order valence-corrected chi connectivity index (χ3v) is 7.20. The Morgan fingerprint density at radius 1 is 1.09 bits per heavy atom. The highest BCUT2D eigenvalue weighted by molar-refractivity contribution is 8.18. The number of aromatic nitrogens is 1. The van der Waals surface area contributed by atoms with Crippen LogP contribution in [0.1, 0.15) is 42.6 Å². The first-order valence-electron chi connectivity index (χ1n) is 10.8. The van der Waals surface area contributed by atoms with E-state index in [4.69, 9.17) is 11.6 Å². The van der Waals surface area contributed by atoms with E-state index in [0.29, 0.717) is 23.0 Å². The van der Waals surface area contributed by atoms with Crippen LogP contribution in [0.3, 0.4) is 0 Å². The molecule has 8 heteroatoms. The van der Waals surface area contributed by atoms with E-state index in [9.17, 15) is 14.4 Å². The van der Waals surface area contributed by atoms with Gasteiger partial charge in [-0.1, -0.05) is 36.6 Å². The molecule has 0 aliphatic carbocycles. The summed E-state index contributed by atoms with van der Waals surface area (Å²) in [6.07, 6.45) is 5.89. The van der Waals surface area contributed by atoms with Gasteiger partial charge in [0.2, 0.25) is 5.91 Å². The number of imide groups is 1. The first kappa shape index (κ1) is 22.7. The summed E-state index contributed by atoms with van der Waals surface area (Å²) in [5, 5.41) is 0.234. The Balaban J connectivity index is 1.55. The summed E-state index contributed by atoms with van der Waals surface area (Å²) in [7, 11) is 0. The number of rotatable bonds is 4. The second-order valence-electron chi connectivity index (χ2n) is 8.18. The number of aryl methyl sites for hydroxylation is 1. The van der Waals surface area contributed by atoms with Gasteiger partial charge in [0.25, 0.3) is 11.1 Å². The average Bonchev–Trinajstić information content (AvgIpc) is 3.05. The molecule has 2 aliphatic heterocycles. The fourth-order valence-electron chi connectivity index (χ4n) is 4.27. The minimum absolute atomic E-state index is 0.160. The molecule has 0 unspecified atom stereocenters. The Labute approximate surface area is 197 Å². The molecular formula is C24H26ClN3O3S. The van der Waals surface area contributed by atoms with Gasteiger partial charge in [-0.25, -0.2) is 0 Å². The predicted molar refractivity (Wildman–Crippen MR) is 128 cm³/mol. The van der Waals surface area contributed by atoms with E-state index in [1.54, 1.807) is 11.0 Å². The van der Waals surface area contributed by atoms with Gasteiger partial charge in [-0.3, -0.25) is 19.3 Å². The van der Waals surface area contributed by atoms with E-state index >= 15 is 0 Å². The zero-order valence-corrected chi connectivity index (χ0v) is 19.8. The van der Waals surface area contributed by atoms with E-state index in [0.717, 1.165) is 65.0 Å². The third kappa shape index (κ3) is 4.50. The Morgan fingerprint density at radius 3 is 2.47 bits per heavy atom. The normalized spacial score (nSPS) is 18.5. The SMILES string of the molecule is Cc1cc(C=C2SC(=O)N(CC(=O)N3CCCCCC3)C2=O)c(C)n1-c1ccccc1Cl. The number of carbonyl (C=O) groups is 3. The Bertz CT molecular complexity index is 1100. The van der Waals surface area contributed by atoms with Crippen molar-refractivity contribution < 1.29 is 14.4 Å². The highest BCUT2D eigenvalue weighted by Crippen LogP contribution is 2.34. The minimum atomic E-state index is -0.411. The number of carbonyl (C=O) groups excluding carboxylic acids is 3. The fraction of sp³-hybridized carbons (Fsp3) is 0.375. The van der Waals surface area contributed by atoms with E-state index in [1.807, 2.05) is 48.7 Å². The molecule has 1 aromatic carbocycles. The molecule has 2 aromatic rings. The van der Waals surface area contributed by atoms with Gasteiger partial charge < -0.3 is 9.47 Å². The molecule has 0 bridgehead atoms. The van der Waals surface area contributed by atoms with Crippen LogP contribution in [0.15, 0.2) is 35.2 Å². The summed E-state index contributed by atoms with van der Waals surface area (Å²) in [4.78, 5) is 41.3. The van der Waals surface area contributed by atoms with Crippen molar-refractivity contribution in [3.05, 3.63) is 57.2 Å². The van der Waals surface area contributed by atoms with Crippen LogP contribution in [0, 0.1) is 13.8 Å². The Morgan fingerprint density at radius 2 is 1.78 bits per heavy atom. The monoisotopic (exact) mass is 471 g/mol. The van der Waals surface area contributed by atoms with E-state index in [-0.39, 0.29) is 12.5 Å². The zero-order chi connectivity index (χ0) is 22.8. The molecular weight excluding hydrogens is 446 g/mol. The number of thioether (sulfide) groups is 1. The number of para-hydroxylation sites is 1. The van der Waals surface area contributed by atoms with Crippen molar-refractivity contribution in [2.24, 2.45) is 0 Å². The van der Waals surface area contributed by atoms with E-state index < -0.39 is 11.1 Å². The van der Waals surface area contributed by atoms with Gasteiger partial charge in [0.1, 0.15) is 6.54 Å². The molecule has 0 N–H and O–H groups in total. The largest absolute Gasteiger partial charge is 0.341 e. The Hall–Kier alpha value is -2.51. The van der Waals surface area contributed by atoms with Crippen LogP contribution in [0.25, 0.3) is 11.8 Å². The maximum Gasteiger partial charge on any atom is 0.294 e. The van der Waals surface area contributed by atoms with Gasteiger partial charge >= 0.3 is 0 Å². The summed E-state index contributed by atoms with van der Waals surface area (Å²) in [5.74, 6) is -0.571. The summed E-state index contributed by atoms with van der Waals surface area (Å²) >= 11 is 7.27. The number of likely N-dealkylation sites (tertiary alicyclic amines) is 1. The number of amides is 3. The molecule has 1 aromatic heterocycles. The summed E-state index contributed by atoms with van der Waals surface area (Å²) in [6.45, 7) is 5.12. The average molecular weight is 472 g/mol. The van der Waals surface area contributed by atoms with Crippen molar-refractivity contribution in [3.63, 3.8) is 0 Å². The van der Waals surface area contributed by atoms with Crippen LogP contribution in [-0.2, 0) is 9.59 Å². The molecule has 0 atom stereocenters. The van der Waals surface area contributed by atoms with Crippen LogP contribution >= 0.6 is 23.4 Å². The molecule has 3 heterocycles. The number of benzene rings is 1. The molecule has 2 aliphatic rings. The topological polar surface area (TPSA) is 62.6 Å². The molecule has 6 nitrogen and oxygen atoms in total. The first-order chi connectivity index (χ1) is 15.4. The molecule has 3 amide bonds. The van der Waals surface area contributed by atoms with Crippen LogP contribution in [0.2, 0.25) is 5.02 Å². The van der Waals surface area contributed by atoms with Gasteiger partial charge in [-0.2, -0.15) is 0 Å². The summed E-state index contributed by atoms with van der Waals surface area (Å²) in [6, 6.07) is 9.54. The van der Waals surface area contributed by atoms with E-state index in [2.05, 4.69) is 0 Å². The van der Waals surface area contributed by atoms with Crippen LogP contribution in [-0.4, -0.2) is 51.1 Å². The van der Waals surface area contributed by atoms with E-state index in [1.165, 1.54) is 0 Å². The van der Waals surface area contributed by atoms with Crippen LogP contribution < -0.4 is 0 Å². The molecule has 0 saturated carbocycles. The lowest BCUT2D eigenvalue weighted by Crippen LogP contribution is -2.42. The number of halogens is 1. The maximum absolute atomic E-state index is 13.0. The van der Waals surface area contributed by atoms with Gasteiger partial charge in [0.15, 0.2) is 0 Å². The molecule has 32 heavy (non-hydrogen) atoms. The van der Waals surface area contributed by atoms with Crippen LogP contribution in [0.4, 0.5) is 4.79 Å². The fourth-order valence-corrected chi connectivity index (χ4v) is 5.32. The van der Waals surface area contributed by atoms with Gasteiger partial charge in [-0.15, -0.1) is 0 Å². The van der Waals surface area contributed by atoms with Crippen molar-refractivity contribution in [2.45, 2.75) is 39.5 Å². The summed E-state index contributed by atoms with van der Waals surface area (Å²) in [5.41, 5.74) is 3.59. The standard InChI is InChI=1S/C24H26ClN3O3S/c1-16-13-18(17(2)28(16)20-10-6-5-9-19(20)25)14-21-23(30)27(24(31)32-21)15-22(29)26-11-7-3-4-8-12-26/h5-6,9-10,13-14H,3-4,7-8,11-12,15H2,1-2H3. The number of hydrogen-bond acceptors (Lipinski definition) is 4. The third-order valence-electron chi connectivity index (χ3n) is 5.98. The lowest BCUT2D eigenvalue weighted by molar-refractivity contribution is -0.135. The van der Waals surface area contributed by atoms with Crippen LogP contribution in [0.5, 0.6) is 0 Å². The first-order valence-corrected chi connectivity index (χ1v) is 12.0. The lowest BCUT2D eigenvalue weighted by Gasteiger charge is -2.22. The quantitative estimate of drug-likeness (QED) is 0.576. The molecule has 168 valence electrons. The Kier molecular flexibility index (Phi) is 6.76. The lowest BCUT2D eigenvalue weighted by atomic mass is 10.2. The van der Waals surface area contributed by atoms with Crippen molar-refractivity contribution >= 4 is 46.5 Å². The summed E-state index contributed by atoms with van der Waals surface area (Å²) < 4.78 is 2.03. The molecule has 2 saturated heterocycles. The molecule has 4 rings (SSSR count). The second kappa shape index (κ2) is 9.55. The van der Waals surface area contributed by atoms with Crippen molar-refractivity contribution in [1.29, 1.82) is 0 Å². The number of hydrogen-bond donors (Lipinski definition) is 0. The van der Waals surface area contributed by atoms with Gasteiger partial charge in [-0.05, 0) is 68.3 Å². The molecule has 0 spiro atoms. The molecule has 2 fully saturated rings. The second-order valence-corrected chi connectivity index (χ2v) is 9.58. The van der Waals surface area contributed by atoms with Gasteiger partial charge in [0.05, 0.1) is 15.6 Å². The minimum Gasteiger partial charge on any atom is -0.341 e. The zero-order valence-electron chi connectivity index (χ0n) is 18.3. The smallest absolute Gasteiger partial charge is 0.294 e. The van der Waals surface area contributed by atoms with Gasteiger partial charge in [0, 0.05) is 24.5 Å². The predicted octanol–water partition coefficient (Wildman–Crippen LogP) is 5.19. The van der Waals surface area contributed by atoms with Crippen molar-refractivity contribution in [3.8, 4) is 5.69 Å². The highest BCUT2D eigenvalue weighted by Gasteiger charge is 2.37. The highest BCUT2D eigenvalue weighted by atomic mass is 35.5.